The third-order valence-corrected chi connectivity index (χ3v) is 1.65. The number of ketones is 1. The minimum Gasteiger partial charge on any atom is -0.393 e. The molecule has 11 heavy (non-hydrogen) atoms. The van der Waals surface area contributed by atoms with E-state index in [4.69, 9.17) is 5.11 Å². The number of Topliss-reactive ketones (excluding diaryl/α,β-unsaturated/α-hetero) is 1. The van der Waals surface area contributed by atoms with E-state index in [2.05, 4.69) is 6.58 Å². The maximum Gasteiger partial charge on any atom is 0.158 e. The van der Waals surface area contributed by atoms with E-state index in [-0.39, 0.29) is 11.9 Å². The van der Waals surface area contributed by atoms with Gasteiger partial charge in [-0.25, -0.2) is 0 Å². The summed E-state index contributed by atoms with van der Waals surface area (Å²) in [6.07, 6.45) is 1.36. The fraction of sp³-hybridized carbons (Fsp3) is 0.667. The first-order chi connectivity index (χ1) is 5.07. The van der Waals surface area contributed by atoms with Crippen LogP contribution in [0.2, 0.25) is 0 Å². The average Bonchev–Trinajstić information content (AvgIpc) is 1.99. The van der Waals surface area contributed by atoms with Gasteiger partial charge in [-0.1, -0.05) is 13.5 Å². The number of hydrogen-bond donors (Lipinski definition) is 1. The Bertz CT molecular complexity index is 150. The molecule has 1 N–H and O–H groups in total. The lowest BCUT2D eigenvalue weighted by Gasteiger charge is -2.05. The summed E-state index contributed by atoms with van der Waals surface area (Å²) in [6.45, 7) is 7.12. The summed E-state index contributed by atoms with van der Waals surface area (Å²) < 4.78 is 0. The third kappa shape index (κ3) is 4.73. The Hall–Kier alpha value is -0.630. The second kappa shape index (κ2) is 5.08. The summed E-state index contributed by atoms with van der Waals surface area (Å²) >= 11 is 0. The van der Waals surface area contributed by atoms with Gasteiger partial charge in [-0.15, -0.1) is 0 Å². The van der Waals surface area contributed by atoms with Crippen molar-refractivity contribution in [1.29, 1.82) is 0 Å². The molecule has 0 bridgehead atoms. The Kier molecular flexibility index (Phi) is 4.79. The molecule has 2 heteroatoms. The molecule has 0 saturated heterocycles. The van der Waals surface area contributed by atoms with Crippen molar-refractivity contribution in [3.8, 4) is 0 Å². The normalized spacial score (nSPS) is 12.6. The first kappa shape index (κ1) is 10.4. The van der Waals surface area contributed by atoms with Gasteiger partial charge in [0.05, 0.1) is 6.10 Å². The van der Waals surface area contributed by atoms with Crippen molar-refractivity contribution in [3.63, 3.8) is 0 Å². The molecular weight excluding hydrogens is 140 g/mol. The first-order valence-corrected chi connectivity index (χ1v) is 3.94. The number of allylic oxidation sites excluding steroid dienone is 1. The molecule has 0 aromatic rings. The Morgan fingerprint density at radius 2 is 2.18 bits per heavy atom. The number of carbonyl (C=O) groups excluding carboxylic acids is 1. The molecule has 0 aromatic carbocycles. The number of aliphatic hydroxyl groups is 1. The van der Waals surface area contributed by atoms with E-state index in [0.29, 0.717) is 24.8 Å². The predicted molar refractivity (Wildman–Crippen MR) is 45.4 cm³/mol. The zero-order valence-electron chi connectivity index (χ0n) is 7.26. The molecule has 64 valence electrons. The second-order valence-corrected chi connectivity index (χ2v) is 2.80. The summed E-state index contributed by atoms with van der Waals surface area (Å²) in [4.78, 5) is 11.0. The van der Waals surface area contributed by atoms with Gasteiger partial charge in [-0.3, -0.25) is 4.79 Å². The van der Waals surface area contributed by atoms with Crippen LogP contribution in [0.4, 0.5) is 0 Å². The predicted octanol–water partition coefficient (Wildman–Crippen LogP) is 1.68. The van der Waals surface area contributed by atoms with Crippen LogP contribution in [-0.4, -0.2) is 17.0 Å². The molecule has 0 aliphatic heterocycles. The Morgan fingerprint density at radius 1 is 1.64 bits per heavy atom. The van der Waals surface area contributed by atoms with Gasteiger partial charge in [0.1, 0.15) is 0 Å². The lowest BCUT2D eigenvalue weighted by molar-refractivity contribution is -0.116. The summed E-state index contributed by atoms with van der Waals surface area (Å²) in [5.41, 5.74) is 0.577. The summed E-state index contributed by atoms with van der Waals surface area (Å²) in [7, 11) is 0. The largest absolute Gasteiger partial charge is 0.393 e. The van der Waals surface area contributed by atoms with Crippen molar-refractivity contribution in [1.82, 2.24) is 0 Å². The van der Waals surface area contributed by atoms with Gasteiger partial charge < -0.3 is 5.11 Å². The van der Waals surface area contributed by atoms with E-state index in [9.17, 15) is 4.79 Å². The smallest absolute Gasteiger partial charge is 0.158 e. The van der Waals surface area contributed by atoms with Crippen molar-refractivity contribution < 1.29 is 9.90 Å². The van der Waals surface area contributed by atoms with Gasteiger partial charge >= 0.3 is 0 Å². The third-order valence-electron chi connectivity index (χ3n) is 1.65. The topological polar surface area (TPSA) is 37.3 Å². The van der Waals surface area contributed by atoms with Gasteiger partial charge in [0.2, 0.25) is 0 Å². The Labute approximate surface area is 67.9 Å². The number of carbonyl (C=O) groups is 1. The molecule has 0 radical (unpaired) electrons. The second-order valence-electron chi connectivity index (χ2n) is 2.80. The molecule has 2 nitrogen and oxygen atoms in total. The highest BCUT2D eigenvalue weighted by Gasteiger charge is 2.06. The van der Waals surface area contributed by atoms with Crippen molar-refractivity contribution in [2.45, 2.75) is 39.2 Å². The maximum absolute atomic E-state index is 11.0. The van der Waals surface area contributed by atoms with E-state index < -0.39 is 0 Å². The summed E-state index contributed by atoms with van der Waals surface area (Å²) in [5, 5.41) is 9.11. The van der Waals surface area contributed by atoms with E-state index in [1.54, 1.807) is 6.92 Å². The lowest BCUT2D eigenvalue weighted by Crippen LogP contribution is -2.08. The van der Waals surface area contributed by atoms with Crippen LogP contribution in [0.15, 0.2) is 12.2 Å². The van der Waals surface area contributed by atoms with Gasteiger partial charge in [-0.2, -0.15) is 0 Å². The molecule has 0 rings (SSSR count). The fourth-order valence-corrected chi connectivity index (χ4v) is 0.715. The molecule has 0 aromatic heterocycles. The van der Waals surface area contributed by atoms with E-state index in [1.165, 1.54) is 0 Å². The SMILES string of the molecule is C=C(C)C(=O)CCC(O)CC. The minimum atomic E-state index is -0.335. The molecule has 1 atom stereocenters. The van der Waals surface area contributed by atoms with Crippen molar-refractivity contribution in [2.75, 3.05) is 0 Å². The highest BCUT2D eigenvalue weighted by molar-refractivity contribution is 5.94. The number of rotatable bonds is 5. The van der Waals surface area contributed by atoms with Crippen molar-refractivity contribution in [3.05, 3.63) is 12.2 Å². The molecule has 0 fully saturated rings. The van der Waals surface area contributed by atoms with E-state index >= 15 is 0 Å². The zero-order valence-corrected chi connectivity index (χ0v) is 7.26. The summed E-state index contributed by atoms with van der Waals surface area (Å²) in [5.74, 6) is 0.0532. The molecular formula is C9H16O2. The summed E-state index contributed by atoms with van der Waals surface area (Å²) in [6, 6.07) is 0. The number of hydrogen-bond acceptors (Lipinski definition) is 2. The quantitative estimate of drug-likeness (QED) is 0.615. The Morgan fingerprint density at radius 3 is 2.55 bits per heavy atom. The number of aliphatic hydroxyl groups excluding tert-OH is 1. The fourth-order valence-electron chi connectivity index (χ4n) is 0.715. The van der Waals surface area contributed by atoms with Gasteiger partial charge in [-0.05, 0) is 25.3 Å². The average molecular weight is 156 g/mol. The zero-order chi connectivity index (χ0) is 8.85. The van der Waals surface area contributed by atoms with Crippen LogP contribution in [-0.2, 0) is 4.79 Å². The molecule has 0 amide bonds. The van der Waals surface area contributed by atoms with Crippen molar-refractivity contribution in [2.24, 2.45) is 0 Å². The van der Waals surface area contributed by atoms with Crippen molar-refractivity contribution >= 4 is 5.78 Å². The molecule has 1 unspecified atom stereocenters. The lowest BCUT2D eigenvalue weighted by atomic mass is 10.1. The van der Waals surface area contributed by atoms with Crippen LogP contribution in [0.1, 0.15) is 33.1 Å². The van der Waals surface area contributed by atoms with Crippen LogP contribution in [0.5, 0.6) is 0 Å². The van der Waals surface area contributed by atoms with Crippen LogP contribution in [0, 0.1) is 0 Å². The van der Waals surface area contributed by atoms with Crippen LogP contribution < -0.4 is 0 Å². The highest BCUT2D eigenvalue weighted by Crippen LogP contribution is 2.04. The molecule has 0 heterocycles. The molecule has 0 saturated carbocycles. The maximum atomic E-state index is 11.0. The molecule has 0 aliphatic carbocycles. The Balaban J connectivity index is 3.54. The van der Waals surface area contributed by atoms with E-state index in [0.717, 1.165) is 0 Å². The van der Waals surface area contributed by atoms with Gasteiger partial charge in [0.15, 0.2) is 5.78 Å². The standard InChI is InChI=1S/C9H16O2/c1-4-8(10)5-6-9(11)7(2)3/h8,10H,2,4-6H2,1,3H3. The van der Waals surface area contributed by atoms with Gasteiger partial charge in [0, 0.05) is 6.42 Å². The van der Waals surface area contributed by atoms with Gasteiger partial charge in [0.25, 0.3) is 0 Å². The first-order valence-electron chi connectivity index (χ1n) is 3.94. The highest BCUT2D eigenvalue weighted by atomic mass is 16.3. The molecule has 0 aliphatic rings. The van der Waals surface area contributed by atoms with E-state index in [1.807, 2.05) is 6.92 Å². The van der Waals surface area contributed by atoms with Crippen LogP contribution >= 0.6 is 0 Å². The van der Waals surface area contributed by atoms with Crippen LogP contribution in [0.3, 0.4) is 0 Å². The molecule has 0 spiro atoms. The monoisotopic (exact) mass is 156 g/mol. The van der Waals surface area contributed by atoms with Crippen LogP contribution in [0.25, 0.3) is 0 Å². The minimum absolute atomic E-state index is 0.0532.